The number of nitrogens with zero attached hydrogens (tertiary/aromatic N) is 1. The van der Waals surface area contributed by atoms with Crippen LogP contribution < -0.4 is 5.32 Å². The minimum atomic E-state index is -3.55. The van der Waals surface area contributed by atoms with Gasteiger partial charge in [-0.25, -0.2) is 8.42 Å². The molecule has 1 fully saturated rings. The molecule has 1 aliphatic heterocycles. The standard InChI is InChI=1S/C19H24N2O2S.C2H6/c1-2-14-21(15-16-10-12-20-13-11-16)24(22,23)19-9-5-7-17-6-3-4-8-18(17)19;1-2/h2-9,16,20H,1,10-15H2;1-2H3. The second-order valence-electron chi connectivity index (χ2n) is 6.28. The maximum absolute atomic E-state index is 13.3. The molecule has 0 aliphatic carbocycles. The van der Waals surface area contributed by atoms with Crippen LogP contribution >= 0.6 is 0 Å². The SMILES string of the molecule is C=CCN(CC1CCNCC1)S(=O)(=O)c1cccc2ccccc12.CC. The summed E-state index contributed by atoms with van der Waals surface area (Å²) in [5.41, 5.74) is 0. The smallest absolute Gasteiger partial charge is 0.243 e. The summed E-state index contributed by atoms with van der Waals surface area (Å²) in [6, 6.07) is 13.1. The van der Waals surface area contributed by atoms with E-state index < -0.39 is 10.0 Å². The first-order valence-electron chi connectivity index (χ1n) is 9.42. The van der Waals surface area contributed by atoms with Crippen LogP contribution in [0.4, 0.5) is 0 Å². The first-order chi connectivity index (χ1) is 12.6. The molecule has 0 atom stereocenters. The van der Waals surface area contributed by atoms with Crippen molar-refractivity contribution in [1.82, 2.24) is 9.62 Å². The molecular formula is C21H30N2O2S. The monoisotopic (exact) mass is 374 g/mol. The molecule has 0 bridgehead atoms. The summed E-state index contributed by atoms with van der Waals surface area (Å²) in [6.45, 7) is 10.6. The Bertz CT molecular complexity index is 806. The Balaban J connectivity index is 0.00000117. The van der Waals surface area contributed by atoms with Gasteiger partial charge in [-0.05, 0) is 43.3 Å². The van der Waals surface area contributed by atoms with Crippen molar-refractivity contribution >= 4 is 20.8 Å². The Hall–Kier alpha value is -1.69. The summed E-state index contributed by atoms with van der Waals surface area (Å²) in [5, 5.41) is 5.05. The van der Waals surface area contributed by atoms with Gasteiger partial charge in [0.2, 0.25) is 10.0 Å². The largest absolute Gasteiger partial charge is 0.317 e. The third-order valence-electron chi connectivity index (χ3n) is 4.62. The van der Waals surface area contributed by atoms with Gasteiger partial charge in [-0.15, -0.1) is 6.58 Å². The highest BCUT2D eigenvalue weighted by molar-refractivity contribution is 7.89. The molecule has 2 aromatic carbocycles. The van der Waals surface area contributed by atoms with Gasteiger partial charge in [0.05, 0.1) is 4.90 Å². The molecule has 0 saturated carbocycles. The molecule has 0 amide bonds. The van der Waals surface area contributed by atoms with Crippen molar-refractivity contribution in [2.75, 3.05) is 26.2 Å². The molecule has 1 N–H and O–H groups in total. The Kier molecular flexibility index (Phi) is 7.82. The summed E-state index contributed by atoms with van der Waals surface area (Å²) >= 11 is 0. The van der Waals surface area contributed by atoms with Crippen LogP contribution in [0.25, 0.3) is 10.8 Å². The number of rotatable bonds is 6. The molecule has 3 rings (SSSR count). The predicted octanol–water partition coefficient (Wildman–Crippen LogP) is 4.04. The van der Waals surface area contributed by atoms with Crippen LogP contribution in [-0.4, -0.2) is 38.9 Å². The van der Waals surface area contributed by atoms with Crippen LogP contribution in [0.3, 0.4) is 0 Å². The van der Waals surface area contributed by atoms with Gasteiger partial charge in [0.1, 0.15) is 0 Å². The first-order valence-corrected chi connectivity index (χ1v) is 10.9. The van der Waals surface area contributed by atoms with E-state index in [1.165, 1.54) is 0 Å². The number of nitrogens with one attached hydrogen (secondary N) is 1. The lowest BCUT2D eigenvalue weighted by atomic mass is 9.98. The Morgan fingerprint density at radius 1 is 1.12 bits per heavy atom. The van der Waals surface area contributed by atoms with E-state index in [2.05, 4.69) is 11.9 Å². The fourth-order valence-electron chi connectivity index (χ4n) is 3.33. The number of benzene rings is 2. The van der Waals surface area contributed by atoms with Gasteiger partial charge in [0.15, 0.2) is 0 Å². The van der Waals surface area contributed by atoms with Crippen molar-refractivity contribution in [2.45, 2.75) is 31.6 Å². The van der Waals surface area contributed by atoms with Crippen LogP contribution in [0.1, 0.15) is 26.7 Å². The predicted molar refractivity (Wildman–Crippen MR) is 110 cm³/mol. The fraction of sp³-hybridized carbons (Fsp3) is 0.429. The van der Waals surface area contributed by atoms with Crippen LogP contribution in [0, 0.1) is 5.92 Å². The molecule has 1 saturated heterocycles. The second kappa shape index (κ2) is 9.86. The lowest BCUT2D eigenvalue weighted by molar-refractivity contribution is 0.300. The summed E-state index contributed by atoms with van der Waals surface area (Å²) in [7, 11) is -3.55. The van der Waals surface area contributed by atoms with Gasteiger partial charge in [-0.1, -0.05) is 56.3 Å². The lowest BCUT2D eigenvalue weighted by Crippen LogP contribution is -2.39. The van der Waals surface area contributed by atoms with Crippen molar-refractivity contribution in [3.05, 3.63) is 55.1 Å². The molecule has 0 spiro atoms. The maximum Gasteiger partial charge on any atom is 0.243 e. The quantitative estimate of drug-likeness (QED) is 0.776. The zero-order chi connectivity index (χ0) is 19.0. The second-order valence-corrected chi connectivity index (χ2v) is 8.19. The molecule has 142 valence electrons. The molecule has 0 radical (unpaired) electrons. The molecule has 5 heteroatoms. The maximum atomic E-state index is 13.3. The normalized spacial score (nSPS) is 15.5. The summed E-state index contributed by atoms with van der Waals surface area (Å²) in [5.74, 6) is 0.399. The van der Waals surface area contributed by atoms with Crippen LogP contribution in [0.15, 0.2) is 60.0 Å². The highest BCUT2D eigenvalue weighted by Gasteiger charge is 2.28. The fourth-order valence-corrected chi connectivity index (χ4v) is 5.03. The van der Waals surface area contributed by atoms with Crippen LogP contribution in [0.5, 0.6) is 0 Å². The molecule has 1 heterocycles. The van der Waals surface area contributed by atoms with Crippen molar-refractivity contribution in [1.29, 1.82) is 0 Å². The van der Waals surface area contributed by atoms with Crippen LogP contribution in [0.2, 0.25) is 0 Å². The van der Waals surface area contributed by atoms with E-state index in [1.54, 1.807) is 16.4 Å². The van der Waals surface area contributed by atoms with E-state index in [-0.39, 0.29) is 0 Å². The van der Waals surface area contributed by atoms with Gasteiger partial charge in [-0.2, -0.15) is 4.31 Å². The minimum absolute atomic E-state index is 0.343. The highest BCUT2D eigenvalue weighted by Crippen LogP contribution is 2.27. The molecule has 0 unspecified atom stereocenters. The Morgan fingerprint density at radius 2 is 1.77 bits per heavy atom. The lowest BCUT2D eigenvalue weighted by Gasteiger charge is -2.29. The van der Waals surface area contributed by atoms with E-state index >= 15 is 0 Å². The van der Waals surface area contributed by atoms with Gasteiger partial charge >= 0.3 is 0 Å². The summed E-state index contributed by atoms with van der Waals surface area (Å²) < 4.78 is 28.1. The van der Waals surface area contributed by atoms with E-state index in [0.29, 0.717) is 23.9 Å². The van der Waals surface area contributed by atoms with E-state index in [4.69, 9.17) is 0 Å². The van der Waals surface area contributed by atoms with Gasteiger partial charge in [0, 0.05) is 18.5 Å². The van der Waals surface area contributed by atoms with Crippen molar-refractivity contribution in [3.63, 3.8) is 0 Å². The van der Waals surface area contributed by atoms with Crippen molar-refractivity contribution < 1.29 is 8.42 Å². The molecule has 1 aliphatic rings. The third kappa shape index (κ3) is 4.72. The molecule has 2 aromatic rings. The number of hydrogen-bond donors (Lipinski definition) is 1. The summed E-state index contributed by atoms with van der Waals surface area (Å²) in [6.07, 6.45) is 3.70. The molecule has 0 aromatic heterocycles. The topological polar surface area (TPSA) is 49.4 Å². The van der Waals surface area contributed by atoms with Gasteiger partial charge < -0.3 is 5.32 Å². The first kappa shape index (κ1) is 20.6. The average molecular weight is 375 g/mol. The number of fused-ring (bicyclic) bond motifs is 1. The molecule has 26 heavy (non-hydrogen) atoms. The van der Waals surface area contributed by atoms with E-state index in [0.717, 1.165) is 36.7 Å². The van der Waals surface area contributed by atoms with Gasteiger partial charge in [-0.3, -0.25) is 0 Å². The average Bonchev–Trinajstić information content (AvgIpc) is 2.69. The number of piperidine rings is 1. The zero-order valence-electron chi connectivity index (χ0n) is 15.8. The molecular weight excluding hydrogens is 344 g/mol. The van der Waals surface area contributed by atoms with Crippen molar-refractivity contribution in [2.24, 2.45) is 5.92 Å². The minimum Gasteiger partial charge on any atom is -0.317 e. The number of sulfonamides is 1. The molecule has 4 nitrogen and oxygen atoms in total. The van der Waals surface area contributed by atoms with Gasteiger partial charge in [0.25, 0.3) is 0 Å². The zero-order valence-corrected chi connectivity index (χ0v) is 16.6. The third-order valence-corrected chi connectivity index (χ3v) is 6.51. The summed E-state index contributed by atoms with van der Waals surface area (Å²) in [4.78, 5) is 0.386. The van der Waals surface area contributed by atoms with E-state index in [9.17, 15) is 8.42 Å². The van der Waals surface area contributed by atoms with E-state index in [1.807, 2.05) is 50.2 Å². The Labute approximate surface area is 158 Å². The highest BCUT2D eigenvalue weighted by atomic mass is 32.2. The number of hydrogen-bond acceptors (Lipinski definition) is 3. The van der Waals surface area contributed by atoms with Crippen molar-refractivity contribution in [3.8, 4) is 0 Å². The Morgan fingerprint density at radius 3 is 2.46 bits per heavy atom. The van der Waals surface area contributed by atoms with Crippen LogP contribution in [-0.2, 0) is 10.0 Å².